The van der Waals surface area contributed by atoms with Crippen LogP contribution in [0, 0.1) is 17.0 Å². The van der Waals surface area contributed by atoms with Gasteiger partial charge in [0, 0.05) is 17.0 Å². The lowest BCUT2D eigenvalue weighted by Gasteiger charge is -2.15. The lowest BCUT2D eigenvalue weighted by Crippen LogP contribution is -2.30. The first-order valence-corrected chi connectivity index (χ1v) is 9.31. The van der Waals surface area contributed by atoms with Gasteiger partial charge in [0.1, 0.15) is 5.75 Å². The van der Waals surface area contributed by atoms with Crippen LogP contribution in [-0.4, -0.2) is 35.8 Å². The molecule has 0 unspecified atom stereocenters. The molecule has 0 aliphatic heterocycles. The molecule has 28 heavy (non-hydrogen) atoms. The first-order chi connectivity index (χ1) is 13.3. The van der Waals surface area contributed by atoms with Crippen molar-refractivity contribution >= 4 is 35.0 Å². The quantitative estimate of drug-likeness (QED) is 0.310. The average molecular weight is 404 g/mol. The van der Waals surface area contributed by atoms with Gasteiger partial charge in [-0.05, 0) is 31.5 Å². The van der Waals surface area contributed by atoms with Crippen LogP contribution in [0.5, 0.6) is 5.75 Å². The van der Waals surface area contributed by atoms with E-state index in [1.165, 1.54) is 44.0 Å². The molecule has 0 bridgehead atoms. The van der Waals surface area contributed by atoms with Gasteiger partial charge in [-0.15, -0.1) is 11.8 Å². The fourth-order valence-corrected chi connectivity index (χ4v) is 3.09. The van der Waals surface area contributed by atoms with E-state index in [1.807, 2.05) is 31.2 Å². The Balaban J connectivity index is 1.95. The number of anilines is 1. The number of hydrogen-bond acceptors (Lipinski definition) is 7. The zero-order chi connectivity index (χ0) is 20.7. The maximum Gasteiger partial charge on any atom is 0.317 e. The molecule has 0 aliphatic rings. The van der Waals surface area contributed by atoms with Gasteiger partial charge >= 0.3 is 5.97 Å². The number of methoxy groups -OCH3 is 1. The second-order valence-electron chi connectivity index (χ2n) is 5.82. The molecule has 148 valence electrons. The van der Waals surface area contributed by atoms with Gasteiger partial charge in [-0.3, -0.25) is 19.7 Å². The Morgan fingerprint density at radius 1 is 1.25 bits per heavy atom. The van der Waals surface area contributed by atoms with Crippen molar-refractivity contribution in [1.29, 1.82) is 0 Å². The minimum Gasteiger partial charge on any atom is -0.495 e. The third kappa shape index (κ3) is 5.71. The topological polar surface area (TPSA) is 108 Å². The largest absolute Gasteiger partial charge is 0.495 e. The molecule has 2 rings (SSSR count). The van der Waals surface area contributed by atoms with Gasteiger partial charge in [0.05, 0.1) is 23.5 Å². The monoisotopic (exact) mass is 404 g/mol. The van der Waals surface area contributed by atoms with E-state index in [0.717, 1.165) is 10.5 Å². The lowest BCUT2D eigenvalue weighted by atomic mass is 10.2. The number of benzene rings is 2. The van der Waals surface area contributed by atoms with Gasteiger partial charge in [-0.1, -0.05) is 18.2 Å². The van der Waals surface area contributed by atoms with Crippen molar-refractivity contribution in [3.8, 4) is 5.75 Å². The highest BCUT2D eigenvalue weighted by atomic mass is 32.2. The molecule has 0 spiro atoms. The first-order valence-electron chi connectivity index (χ1n) is 8.33. The van der Waals surface area contributed by atoms with Gasteiger partial charge in [0.15, 0.2) is 6.10 Å². The summed E-state index contributed by atoms with van der Waals surface area (Å²) >= 11 is 1.32. The van der Waals surface area contributed by atoms with E-state index in [9.17, 15) is 19.7 Å². The van der Waals surface area contributed by atoms with E-state index >= 15 is 0 Å². The smallest absolute Gasteiger partial charge is 0.317 e. The molecule has 0 saturated heterocycles. The Morgan fingerprint density at radius 2 is 1.96 bits per heavy atom. The van der Waals surface area contributed by atoms with Crippen molar-refractivity contribution in [3.63, 3.8) is 0 Å². The highest BCUT2D eigenvalue weighted by molar-refractivity contribution is 8.00. The second-order valence-corrected chi connectivity index (χ2v) is 6.83. The molecule has 1 amide bonds. The fourth-order valence-electron chi connectivity index (χ4n) is 2.28. The molecule has 0 aromatic heterocycles. The van der Waals surface area contributed by atoms with Crippen LogP contribution in [0.1, 0.15) is 12.5 Å². The molecule has 0 heterocycles. The number of nitro groups is 1. The predicted molar refractivity (Wildman–Crippen MR) is 106 cm³/mol. The van der Waals surface area contributed by atoms with Gasteiger partial charge in [0.2, 0.25) is 0 Å². The third-order valence-electron chi connectivity index (χ3n) is 3.77. The zero-order valence-corrected chi connectivity index (χ0v) is 16.4. The molecule has 2 aromatic carbocycles. The molecule has 0 fully saturated rings. The predicted octanol–water partition coefficient (Wildman–Crippen LogP) is 3.57. The standard InChI is InChI=1S/C19H20N2O6S/c1-12-6-4-5-7-17(12)28-11-18(22)27-13(2)19(23)20-15-10-14(21(24)25)8-9-16(15)26-3/h4-10,13H,11H2,1-3H3,(H,20,23)/t13-/m0/s1. The number of nitrogens with zero attached hydrogens (tertiary/aromatic N) is 1. The van der Waals surface area contributed by atoms with Crippen LogP contribution >= 0.6 is 11.8 Å². The summed E-state index contributed by atoms with van der Waals surface area (Å²) < 4.78 is 10.2. The van der Waals surface area contributed by atoms with E-state index in [2.05, 4.69) is 5.32 Å². The maximum atomic E-state index is 12.3. The minimum absolute atomic E-state index is 0.0581. The summed E-state index contributed by atoms with van der Waals surface area (Å²) in [5.41, 5.74) is 0.970. The molecule has 2 aromatic rings. The number of thioether (sulfide) groups is 1. The maximum absolute atomic E-state index is 12.3. The number of esters is 1. The van der Waals surface area contributed by atoms with Gasteiger partial charge in [-0.2, -0.15) is 0 Å². The molecule has 1 atom stereocenters. The number of non-ortho nitro benzene ring substituents is 1. The number of hydrogen-bond donors (Lipinski definition) is 1. The van der Waals surface area contributed by atoms with Crippen LogP contribution in [0.15, 0.2) is 47.4 Å². The number of nitrogens with one attached hydrogen (secondary N) is 1. The number of carbonyl (C=O) groups is 2. The van der Waals surface area contributed by atoms with E-state index < -0.39 is 22.9 Å². The number of aryl methyl sites for hydroxylation is 1. The van der Waals surface area contributed by atoms with Gasteiger partial charge < -0.3 is 14.8 Å². The Hall–Kier alpha value is -3.07. The minimum atomic E-state index is -1.08. The molecule has 8 nitrogen and oxygen atoms in total. The fraction of sp³-hybridized carbons (Fsp3) is 0.263. The van der Waals surface area contributed by atoms with Crippen LogP contribution in [0.3, 0.4) is 0 Å². The summed E-state index contributed by atoms with van der Waals surface area (Å²) in [6.45, 7) is 3.37. The summed E-state index contributed by atoms with van der Waals surface area (Å²) in [5, 5.41) is 13.4. The highest BCUT2D eigenvalue weighted by Gasteiger charge is 2.21. The van der Waals surface area contributed by atoms with Crippen LogP contribution in [0.25, 0.3) is 0 Å². The second kappa shape index (κ2) is 9.75. The van der Waals surface area contributed by atoms with Crippen molar-refractivity contribution in [2.45, 2.75) is 24.8 Å². The molecular weight excluding hydrogens is 384 g/mol. The highest BCUT2D eigenvalue weighted by Crippen LogP contribution is 2.29. The zero-order valence-electron chi connectivity index (χ0n) is 15.6. The van der Waals surface area contributed by atoms with Gasteiger partial charge in [-0.25, -0.2) is 0 Å². The normalized spacial score (nSPS) is 11.4. The number of ether oxygens (including phenoxy) is 2. The molecular formula is C19H20N2O6S. The Kier molecular flexibility index (Phi) is 7.39. The Morgan fingerprint density at radius 3 is 2.61 bits per heavy atom. The van der Waals surface area contributed by atoms with Gasteiger partial charge in [0.25, 0.3) is 11.6 Å². The summed E-state index contributed by atoms with van der Waals surface area (Å²) in [4.78, 5) is 35.6. The molecule has 1 N–H and O–H groups in total. The van der Waals surface area contributed by atoms with Crippen LogP contribution in [-0.2, 0) is 14.3 Å². The summed E-state index contributed by atoms with van der Waals surface area (Å²) in [7, 11) is 1.38. The van der Waals surface area contributed by atoms with Crippen molar-refractivity contribution < 1.29 is 24.0 Å². The summed E-state index contributed by atoms with van der Waals surface area (Å²) in [6.07, 6.45) is -1.08. The number of carbonyl (C=O) groups excluding carboxylic acids is 2. The molecule has 0 aliphatic carbocycles. The van der Waals surface area contributed by atoms with Crippen molar-refractivity contribution in [1.82, 2.24) is 0 Å². The van der Waals surface area contributed by atoms with Crippen molar-refractivity contribution in [3.05, 3.63) is 58.1 Å². The molecule has 9 heteroatoms. The van der Waals surface area contributed by atoms with E-state index in [-0.39, 0.29) is 22.9 Å². The average Bonchev–Trinajstić information content (AvgIpc) is 2.67. The lowest BCUT2D eigenvalue weighted by molar-refractivity contribution is -0.384. The SMILES string of the molecule is COc1ccc([N+](=O)[O-])cc1NC(=O)[C@H](C)OC(=O)CSc1ccccc1C. The van der Waals surface area contributed by atoms with E-state index in [0.29, 0.717) is 0 Å². The third-order valence-corrected chi connectivity index (χ3v) is 4.92. The number of amides is 1. The van der Waals surface area contributed by atoms with Crippen LogP contribution in [0.4, 0.5) is 11.4 Å². The van der Waals surface area contributed by atoms with E-state index in [4.69, 9.17) is 9.47 Å². The Bertz CT molecular complexity index is 886. The number of rotatable bonds is 8. The van der Waals surface area contributed by atoms with E-state index in [1.54, 1.807) is 0 Å². The van der Waals surface area contributed by atoms with Crippen LogP contribution in [0.2, 0.25) is 0 Å². The Labute approximate surface area is 166 Å². The molecule has 0 saturated carbocycles. The summed E-state index contributed by atoms with van der Waals surface area (Å²) in [5.74, 6) is -0.842. The number of nitro benzene ring substituents is 1. The van der Waals surface area contributed by atoms with Crippen LogP contribution < -0.4 is 10.1 Å². The van der Waals surface area contributed by atoms with Crippen molar-refractivity contribution in [2.75, 3.05) is 18.2 Å². The van der Waals surface area contributed by atoms with Crippen molar-refractivity contribution in [2.24, 2.45) is 0 Å². The first kappa shape index (κ1) is 21.2. The molecule has 0 radical (unpaired) electrons. The summed E-state index contributed by atoms with van der Waals surface area (Å²) in [6, 6.07) is 11.5.